The molecule has 2 atom stereocenters. The lowest BCUT2D eigenvalue weighted by molar-refractivity contribution is -0.384. The van der Waals surface area contributed by atoms with Crippen molar-refractivity contribution in [3.8, 4) is 0 Å². The number of nitro groups is 1. The summed E-state index contributed by atoms with van der Waals surface area (Å²) in [5, 5.41) is 24.3. The number of para-hydroxylation sites is 2. The molecule has 0 aromatic heterocycles. The first-order valence-corrected chi connectivity index (χ1v) is 6.42. The molecule has 0 amide bonds. The van der Waals surface area contributed by atoms with Crippen LogP contribution in [0.2, 0.25) is 0 Å². The Balaban J connectivity index is 1.94. The van der Waals surface area contributed by atoms with Gasteiger partial charge in [-0.2, -0.15) is 0 Å². The molecule has 2 aromatic carbocycles. The fourth-order valence-electron chi connectivity index (χ4n) is 2.67. The quantitative estimate of drug-likeness (QED) is 0.664. The van der Waals surface area contributed by atoms with Gasteiger partial charge in [0.1, 0.15) is 5.69 Å². The molecule has 1 aliphatic rings. The fourth-order valence-corrected chi connectivity index (χ4v) is 2.67. The number of nitrogens with zero attached hydrogens (tertiary/aromatic N) is 1. The minimum Gasteiger partial charge on any atom is -0.390 e. The molecule has 1 aliphatic carbocycles. The highest BCUT2D eigenvalue weighted by atomic mass is 16.6. The van der Waals surface area contributed by atoms with Crippen molar-refractivity contribution >= 4 is 11.4 Å². The maximum Gasteiger partial charge on any atom is 0.292 e. The third kappa shape index (κ3) is 2.12. The zero-order valence-electron chi connectivity index (χ0n) is 10.7. The summed E-state index contributed by atoms with van der Waals surface area (Å²) in [5.74, 6) is 0. The summed E-state index contributed by atoms with van der Waals surface area (Å²) >= 11 is 0. The van der Waals surface area contributed by atoms with Crippen LogP contribution in [-0.2, 0) is 6.42 Å². The van der Waals surface area contributed by atoms with Crippen molar-refractivity contribution in [1.82, 2.24) is 0 Å². The maximum atomic E-state index is 11.0. The van der Waals surface area contributed by atoms with Gasteiger partial charge in [0.2, 0.25) is 0 Å². The lowest BCUT2D eigenvalue weighted by Gasteiger charge is -2.19. The molecule has 5 heteroatoms. The molecule has 102 valence electrons. The van der Waals surface area contributed by atoms with Crippen LogP contribution in [0.3, 0.4) is 0 Å². The first-order valence-electron chi connectivity index (χ1n) is 6.42. The monoisotopic (exact) mass is 270 g/mol. The van der Waals surface area contributed by atoms with Crippen molar-refractivity contribution in [2.75, 3.05) is 5.32 Å². The van der Waals surface area contributed by atoms with Crippen LogP contribution in [0.15, 0.2) is 48.5 Å². The molecule has 0 spiro atoms. The van der Waals surface area contributed by atoms with Gasteiger partial charge in [-0.1, -0.05) is 36.4 Å². The van der Waals surface area contributed by atoms with E-state index in [-0.39, 0.29) is 11.7 Å². The van der Waals surface area contributed by atoms with Crippen molar-refractivity contribution in [2.45, 2.75) is 18.6 Å². The Morgan fingerprint density at radius 1 is 1.15 bits per heavy atom. The average molecular weight is 270 g/mol. The van der Waals surface area contributed by atoms with Crippen molar-refractivity contribution < 1.29 is 10.0 Å². The second-order valence-electron chi connectivity index (χ2n) is 4.87. The maximum absolute atomic E-state index is 11.0. The van der Waals surface area contributed by atoms with E-state index in [4.69, 9.17) is 0 Å². The van der Waals surface area contributed by atoms with Gasteiger partial charge in [-0.25, -0.2) is 0 Å². The standard InChI is InChI=1S/C15H14N2O3/c18-14-9-10-5-1-2-6-11(10)15(14)16-12-7-3-4-8-13(12)17(19)20/h1-8,14-16,18H,9H2/t14-,15+/m1/s1. The summed E-state index contributed by atoms with van der Waals surface area (Å²) in [6, 6.07) is 13.9. The summed E-state index contributed by atoms with van der Waals surface area (Å²) in [4.78, 5) is 10.6. The van der Waals surface area contributed by atoms with Crippen molar-refractivity contribution in [3.05, 3.63) is 69.8 Å². The van der Waals surface area contributed by atoms with E-state index >= 15 is 0 Å². The molecule has 20 heavy (non-hydrogen) atoms. The predicted octanol–water partition coefficient (Wildman–Crippen LogP) is 2.67. The van der Waals surface area contributed by atoms with Crippen LogP contribution in [0, 0.1) is 10.1 Å². The van der Waals surface area contributed by atoms with E-state index in [1.807, 2.05) is 24.3 Å². The minimum absolute atomic E-state index is 0.0177. The Labute approximate surface area is 116 Å². The van der Waals surface area contributed by atoms with Crippen LogP contribution in [0.5, 0.6) is 0 Å². The molecular formula is C15H14N2O3. The fraction of sp³-hybridized carbons (Fsp3) is 0.200. The SMILES string of the molecule is O=[N+]([O-])c1ccccc1N[C@H]1c2ccccc2C[C@H]1O. The smallest absolute Gasteiger partial charge is 0.292 e. The van der Waals surface area contributed by atoms with E-state index in [0.717, 1.165) is 11.1 Å². The zero-order valence-corrected chi connectivity index (χ0v) is 10.7. The molecule has 3 rings (SSSR count). The van der Waals surface area contributed by atoms with Gasteiger partial charge in [0.15, 0.2) is 0 Å². The summed E-state index contributed by atoms with van der Waals surface area (Å²) < 4.78 is 0. The van der Waals surface area contributed by atoms with Crippen molar-refractivity contribution in [2.24, 2.45) is 0 Å². The largest absolute Gasteiger partial charge is 0.390 e. The molecule has 0 aliphatic heterocycles. The summed E-state index contributed by atoms with van der Waals surface area (Å²) in [7, 11) is 0. The summed E-state index contributed by atoms with van der Waals surface area (Å²) in [6.45, 7) is 0. The highest BCUT2D eigenvalue weighted by Crippen LogP contribution is 2.36. The van der Waals surface area contributed by atoms with E-state index in [1.165, 1.54) is 6.07 Å². The molecule has 2 aromatic rings. The number of aliphatic hydroxyl groups excluding tert-OH is 1. The summed E-state index contributed by atoms with van der Waals surface area (Å²) in [6.07, 6.45) is -0.0127. The summed E-state index contributed by atoms with van der Waals surface area (Å²) in [5.41, 5.74) is 2.52. The Morgan fingerprint density at radius 3 is 2.65 bits per heavy atom. The third-order valence-electron chi connectivity index (χ3n) is 3.62. The van der Waals surface area contributed by atoms with E-state index in [2.05, 4.69) is 5.32 Å². The van der Waals surface area contributed by atoms with Crippen LogP contribution >= 0.6 is 0 Å². The van der Waals surface area contributed by atoms with Crippen molar-refractivity contribution in [3.63, 3.8) is 0 Å². The van der Waals surface area contributed by atoms with E-state index in [0.29, 0.717) is 12.1 Å². The van der Waals surface area contributed by atoms with E-state index in [9.17, 15) is 15.2 Å². The molecule has 0 heterocycles. The minimum atomic E-state index is -0.577. The second kappa shape index (κ2) is 4.94. The van der Waals surface area contributed by atoms with Gasteiger partial charge >= 0.3 is 0 Å². The Morgan fingerprint density at radius 2 is 1.85 bits per heavy atom. The van der Waals surface area contributed by atoms with Crippen LogP contribution in [0.1, 0.15) is 17.2 Å². The number of fused-ring (bicyclic) bond motifs is 1. The normalized spacial score (nSPS) is 20.4. The topological polar surface area (TPSA) is 75.4 Å². The van der Waals surface area contributed by atoms with Crippen LogP contribution in [0.25, 0.3) is 0 Å². The Bertz CT molecular complexity index is 657. The van der Waals surface area contributed by atoms with Gasteiger partial charge in [-0.15, -0.1) is 0 Å². The number of hydrogen-bond acceptors (Lipinski definition) is 4. The van der Waals surface area contributed by atoms with Crippen LogP contribution < -0.4 is 5.32 Å². The number of aliphatic hydroxyl groups is 1. The highest BCUT2D eigenvalue weighted by molar-refractivity contribution is 5.63. The lowest BCUT2D eigenvalue weighted by Crippen LogP contribution is -2.21. The molecule has 0 unspecified atom stereocenters. The third-order valence-corrected chi connectivity index (χ3v) is 3.62. The van der Waals surface area contributed by atoms with Gasteiger partial charge in [-0.05, 0) is 17.2 Å². The first kappa shape index (κ1) is 12.6. The molecule has 0 radical (unpaired) electrons. The number of rotatable bonds is 3. The number of nitro benzene ring substituents is 1. The van der Waals surface area contributed by atoms with Crippen molar-refractivity contribution in [1.29, 1.82) is 0 Å². The van der Waals surface area contributed by atoms with Gasteiger partial charge in [-0.3, -0.25) is 10.1 Å². The van der Waals surface area contributed by atoms with E-state index < -0.39 is 11.0 Å². The molecule has 0 saturated carbocycles. The Hall–Kier alpha value is -2.40. The predicted molar refractivity (Wildman–Crippen MR) is 75.6 cm³/mol. The number of benzene rings is 2. The Kier molecular flexibility index (Phi) is 3.12. The van der Waals surface area contributed by atoms with Gasteiger partial charge in [0, 0.05) is 12.5 Å². The molecule has 0 fully saturated rings. The lowest BCUT2D eigenvalue weighted by atomic mass is 10.1. The van der Waals surface area contributed by atoms with Crippen LogP contribution in [0.4, 0.5) is 11.4 Å². The molecular weight excluding hydrogens is 256 g/mol. The zero-order chi connectivity index (χ0) is 14.1. The van der Waals surface area contributed by atoms with Gasteiger partial charge in [0.05, 0.1) is 17.1 Å². The second-order valence-corrected chi connectivity index (χ2v) is 4.87. The number of anilines is 1. The van der Waals surface area contributed by atoms with E-state index in [1.54, 1.807) is 18.2 Å². The average Bonchev–Trinajstić information content (AvgIpc) is 2.76. The molecule has 5 nitrogen and oxygen atoms in total. The molecule has 0 bridgehead atoms. The number of hydrogen-bond donors (Lipinski definition) is 2. The molecule has 0 saturated heterocycles. The number of nitrogens with one attached hydrogen (secondary N) is 1. The highest BCUT2D eigenvalue weighted by Gasteiger charge is 2.31. The first-order chi connectivity index (χ1) is 9.66. The van der Waals surface area contributed by atoms with Gasteiger partial charge < -0.3 is 10.4 Å². The molecule has 2 N–H and O–H groups in total. The van der Waals surface area contributed by atoms with Crippen LogP contribution in [-0.4, -0.2) is 16.1 Å². The van der Waals surface area contributed by atoms with Gasteiger partial charge in [0.25, 0.3) is 5.69 Å².